The largest absolute Gasteiger partial charge is 0.488 e. The molecule has 2 N–H and O–H groups in total. The Labute approximate surface area is 266 Å². The molecule has 0 fully saturated rings. The first-order chi connectivity index (χ1) is 21.6. The van der Waals surface area contributed by atoms with Gasteiger partial charge in [0, 0.05) is 36.8 Å². The smallest absolute Gasteiger partial charge is 0.261 e. The lowest BCUT2D eigenvalue weighted by Gasteiger charge is -2.34. The molecule has 1 aliphatic rings. The molecule has 5 rings (SSSR count). The number of rotatable bonds is 10. The molecule has 45 heavy (non-hydrogen) atoms. The molecule has 9 heteroatoms. The van der Waals surface area contributed by atoms with Crippen LogP contribution in [0.15, 0.2) is 108 Å². The van der Waals surface area contributed by atoms with Crippen molar-refractivity contribution in [2.75, 3.05) is 31.5 Å². The number of nitrogens with one attached hydrogen (secondary N) is 1. The number of ether oxygens (including phenoxy) is 1. The van der Waals surface area contributed by atoms with Crippen molar-refractivity contribution >= 4 is 21.6 Å². The maximum Gasteiger partial charge on any atom is 0.261 e. The maximum absolute atomic E-state index is 13.6. The first-order valence-electron chi connectivity index (χ1n) is 15.2. The molecule has 4 aromatic rings. The average molecular weight is 628 g/mol. The van der Waals surface area contributed by atoms with Gasteiger partial charge in [-0.2, -0.15) is 0 Å². The Morgan fingerprint density at radius 1 is 0.956 bits per heavy atom. The molecule has 236 valence electrons. The average Bonchev–Trinajstić information content (AvgIpc) is 3.09. The number of aliphatic hydroxyl groups is 1. The Balaban J connectivity index is 1.37. The van der Waals surface area contributed by atoms with E-state index in [1.807, 2.05) is 25.1 Å². The lowest BCUT2D eigenvalue weighted by atomic mass is 10.0. The number of benzene rings is 4. The van der Waals surface area contributed by atoms with E-state index in [1.165, 1.54) is 28.8 Å². The zero-order valence-electron chi connectivity index (χ0n) is 26.0. The van der Waals surface area contributed by atoms with E-state index in [2.05, 4.69) is 60.0 Å². The van der Waals surface area contributed by atoms with Gasteiger partial charge in [0.15, 0.2) is 0 Å². The summed E-state index contributed by atoms with van der Waals surface area (Å²) in [4.78, 5) is 17.6. The third-order valence-corrected chi connectivity index (χ3v) is 9.62. The second-order valence-electron chi connectivity index (χ2n) is 11.9. The van der Waals surface area contributed by atoms with Crippen LogP contribution in [0.25, 0.3) is 11.1 Å². The van der Waals surface area contributed by atoms with Gasteiger partial charge in [-0.1, -0.05) is 79.7 Å². The van der Waals surface area contributed by atoms with Crippen LogP contribution >= 0.6 is 0 Å². The second-order valence-corrected chi connectivity index (χ2v) is 13.6. The van der Waals surface area contributed by atoms with E-state index < -0.39 is 10.0 Å². The van der Waals surface area contributed by atoms with Crippen LogP contribution in [0.1, 0.15) is 25.0 Å². The summed E-state index contributed by atoms with van der Waals surface area (Å²) in [6.07, 6.45) is -0.257. The van der Waals surface area contributed by atoms with Crippen LogP contribution in [0.2, 0.25) is 0 Å². The Morgan fingerprint density at radius 3 is 2.27 bits per heavy atom. The fraction of sp³-hybridized carbons (Fsp3) is 0.306. The number of hydrogen-bond acceptors (Lipinski definition) is 6. The number of nitrogens with zero attached hydrogens (tertiary/aromatic N) is 2. The van der Waals surface area contributed by atoms with Gasteiger partial charge in [0.1, 0.15) is 11.9 Å². The summed E-state index contributed by atoms with van der Waals surface area (Å²) < 4.78 is 35.3. The molecule has 0 spiro atoms. The van der Waals surface area contributed by atoms with E-state index in [9.17, 15) is 18.3 Å². The molecular formula is C36H41N3O5S. The maximum atomic E-state index is 13.6. The predicted molar refractivity (Wildman–Crippen MR) is 177 cm³/mol. The summed E-state index contributed by atoms with van der Waals surface area (Å²) in [5, 5.41) is 9.96. The van der Waals surface area contributed by atoms with Crippen molar-refractivity contribution in [1.82, 2.24) is 9.80 Å². The van der Waals surface area contributed by atoms with Gasteiger partial charge in [0.2, 0.25) is 5.91 Å². The van der Waals surface area contributed by atoms with Crippen molar-refractivity contribution in [3.05, 3.63) is 114 Å². The van der Waals surface area contributed by atoms with Gasteiger partial charge in [-0.15, -0.1) is 0 Å². The summed E-state index contributed by atoms with van der Waals surface area (Å²) in [7, 11) is -1.76. The fourth-order valence-corrected chi connectivity index (χ4v) is 6.71. The zero-order valence-corrected chi connectivity index (χ0v) is 26.8. The van der Waals surface area contributed by atoms with Crippen LogP contribution < -0.4 is 9.46 Å². The van der Waals surface area contributed by atoms with E-state index >= 15 is 0 Å². The molecule has 0 bridgehead atoms. The third kappa shape index (κ3) is 8.11. The number of amides is 1. The Kier molecular flexibility index (Phi) is 10.2. The standard InChI is InChI=1S/C36H41N3O5S/c1-26-22-39(27(2)25-40)36(41)21-31-20-32(37-45(42,43)33-12-8-5-9-13-33)18-19-34(31)44-35(26)24-38(3)23-28-14-16-30(17-15-28)29-10-6-4-7-11-29/h4-20,26-27,35,37,40H,21-25H2,1-3H3/t26-,27+,35+/m1/s1. The van der Waals surface area contributed by atoms with E-state index in [4.69, 9.17) is 4.74 Å². The number of fused-ring (bicyclic) bond motifs is 1. The molecule has 0 aromatic heterocycles. The first-order valence-corrected chi connectivity index (χ1v) is 16.7. The van der Waals surface area contributed by atoms with Crippen LogP contribution in [0.5, 0.6) is 5.75 Å². The number of aliphatic hydroxyl groups excluding tert-OH is 1. The van der Waals surface area contributed by atoms with Crippen molar-refractivity contribution in [1.29, 1.82) is 0 Å². The van der Waals surface area contributed by atoms with Gasteiger partial charge in [0.25, 0.3) is 10.0 Å². The number of likely N-dealkylation sites (N-methyl/N-ethyl adjacent to an activating group) is 1. The summed E-state index contributed by atoms with van der Waals surface area (Å²) in [6.45, 7) is 5.46. The normalized spacial score (nSPS) is 17.9. The summed E-state index contributed by atoms with van der Waals surface area (Å²) in [5.74, 6) is 0.346. The molecule has 0 aliphatic carbocycles. The van der Waals surface area contributed by atoms with Crippen molar-refractivity contribution in [3.63, 3.8) is 0 Å². The highest BCUT2D eigenvalue weighted by atomic mass is 32.2. The van der Waals surface area contributed by atoms with Gasteiger partial charge in [-0.05, 0) is 61.0 Å². The molecule has 4 aromatic carbocycles. The second kappa shape index (κ2) is 14.3. The number of anilines is 1. The topological polar surface area (TPSA) is 99.2 Å². The Bertz CT molecular complexity index is 1680. The molecule has 0 radical (unpaired) electrons. The minimum atomic E-state index is -3.81. The zero-order chi connectivity index (χ0) is 32.0. The summed E-state index contributed by atoms with van der Waals surface area (Å²) in [5.41, 5.74) is 4.45. The predicted octanol–water partition coefficient (Wildman–Crippen LogP) is 5.44. The monoisotopic (exact) mass is 627 g/mol. The van der Waals surface area contributed by atoms with Crippen molar-refractivity contribution < 1.29 is 23.1 Å². The van der Waals surface area contributed by atoms with E-state index in [1.54, 1.807) is 41.3 Å². The molecule has 1 heterocycles. The highest BCUT2D eigenvalue weighted by Crippen LogP contribution is 2.30. The van der Waals surface area contributed by atoms with E-state index in [0.717, 1.165) is 0 Å². The number of carbonyl (C=O) groups is 1. The summed E-state index contributed by atoms with van der Waals surface area (Å²) in [6, 6.07) is 31.7. The lowest BCUT2D eigenvalue weighted by molar-refractivity contribution is -0.134. The minimum absolute atomic E-state index is 0.0175. The molecule has 3 atom stereocenters. The summed E-state index contributed by atoms with van der Waals surface area (Å²) >= 11 is 0. The quantitative estimate of drug-likeness (QED) is 0.243. The van der Waals surface area contributed by atoms with Gasteiger partial charge in [0.05, 0.1) is 24.0 Å². The Morgan fingerprint density at radius 2 is 1.60 bits per heavy atom. The minimum Gasteiger partial charge on any atom is -0.488 e. The van der Waals surface area contributed by atoms with Crippen LogP contribution in [0.4, 0.5) is 5.69 Å². The van der Waals surface area contributed by atoms with Crippen molar-refractivity contribution in [3.8, 4) is 16.9 Å². The Hall–Kier alpha value is -4.18. The van der Waals surface area contributed by atoms with Gasteiger partial charge in [-0.3, -0.25) is 14.4 Å². The first kappa shape index (κ1) is 32.2. The lowest BCUT2D eigenvalue weighted by Crippen LogP contribution is -2.47. The molecular weight excluding hydrogens is 586 g/mol. The van der Waals surface area contributed by atoms with Gasteiger partial charge >= 0.3 is 0 Å². The van der Waals surface area contributed by atoms with Crippen LogP contribution in [0, 0.1) is 5.92 Å². The van der Waals surface area contributed by atoms with Crippen LogP contribution in [-0.4, -0.2) is 68.1 Å². The van der Waals surface area contributed by atoms with Crippen molar-refractivity contribution in [2.24, 2.45) is 5.92 Å². The molecule has 1 aliphatic heterocycles. The highest BCUT2D eigenvalue weighted by Gasteiger charge is 2.31. The molecule has 1 amide bonds. The van der Waals surface area contributed by atoms with E-state index in [-0.39, 0.29) is 41.9 Å². The van der Waals surface area contributed by atoms with E-state index in [0.29, 0.717) is 36.6 Å². The third-order valence-electron chi connectivity index (χ3n) is 8.23. The number of hydrogen-bond donors (Lipinski definition) is 2. The van der Waals surface area contributed by atoms with Gasteiger partial charge < -0.3 is 14.7 Å². The number of sulfonamides is 1. The molecule has 8 nitrogen and oxygen atoms in total. The van der Waals surface area contributed by atoms with Crippen molar-refractivity contribution in [2.45, 2.75) is 43.9 Å². The fourth-order valence-electron chi connectivity index (χ4n) is 5.64. The molecule has 0 saturated heterocycles. The van der Waals surface area contributed by atoms with Crippen LogP contribution in [0.3, 0.4) is 0 Å². The highest BCUT2D eigenvalue weighted by molar-refractivity contribution is 7.92. The SMILES string of the molecule is C[C@@H]1CN([C@@H](C)CO)C(=O)Cc2cc(NS(=O)(=O)c3ccccc3)ccc2O[C@H]1CN(C)Cc1ccc(-c2ccccc2)cc1. The number of carbonyl (C=O) groups excluding carboxylic acids is 1. The molecule has 0 saturated carbocycles. The van der Waals surface area contributed by atoms with Crippen LogP contribution in [-0.2, 0) is 27.8 Å². The molecule has 0 unspecified atom stereocenters. The van der Waals surface area contributed by atoms with Gasteiger partial charge in [-0.25, -0.2) is 8.42 Å².